The van der Waals surface area contributed by atoms with Gasteiger partial charge in [-0.15, -0.1) is 0 Å². The van der Waals surface area contributed by atoms with Gasteiger partial charge in [0.1, 0.15) is 34.7 Å². The Morgan fingerprint density at radius 3 is 1.63 bits per heavy atom. The lowest BCUT2D eigenvalue weighted by atomic mass is 9.99. The molecule has 5 saturated heterocycles. The predicted octanol–water partition coefficient (Wildman–Crippen LogP) is 9.38. The van der Waals surface area contributed by atoms with Crippen LogP contribution in [-0.4, -0.2) is 173 Å². The summed E-state index contributed by atoms with van der Waals surface area (Å²) in [5.41, 5.74) is 4.01. The smallest absolute Gasteiger partial charge is 0.389 e. The molecule has 5 aromatic rings. The highest BCUT2D eigenvalue weighted by atomic mass is 35.5. The van der Waals surface area contributed by atoms with Crippen molar-refractivity contribution in [2.24, 2.45) is 5.92 Å². The van der Waals surface area contributed by atoms with Crippen molar-refractivity contribution >= 4 is 82.2 Å². The molecular formula is C55H64Cl3F5N10O9. The van der Waals surface area contributed by atoms with E-state index in [1.165, 1.54) is 11.0 Å². The van der Waals surface area contributed by atoms with Crippen LogP contribution < -0.4 is 24.9 Å². The third kappa shape index (κ3) is 20.8. The summed E-state index contributed by atoms with van der Waals surface area (Å²) in [5, 5.41) is 13.6. The molecule has 27 heteroatoms. The molecule has 0 spiro atoms. The lowest BCUT2D eigenvalue weighted by Gasteiger charge is -2.28. The number of halogens is 8. The fourth-order valence-electron chi connectivity index (χ4n) is 9.14. The Morgan fingerprint density at radius 1 is 0.683 bits per heavy atom. The number of alkyl halides is 5. The molecule has 2 N–H and O–H groups in total. The number of benzene rings is 1. The Kier molecular flexibility index (Phi) is 25.7. The van der Waals surface area contributed by atoms with E-state index in [1.54, 1.807) is 42.5 Å². The molecular weight excluding hydrogens is 1150 g/mol. The zero-order chi connectivity index (χ0) is 59.2. The average Bonchev–Trinajstić information content (AvgIpc) is 4.10. The summed E-state index contributed by atoms with van der Waals surface area (Å²) in [6, 6.07) is 18.3. The molecule has 82 heavy (non-hydrogen) atoms. The highest BCUT2D eigenvalue weighted by Crippen LogP contribution is 2.34. The molecule has 444 valence electrons. The van der Waals surface area contributed by atoms with Crippen LogP contribution in [0, 0.1) is 19.8 Å². The van der Waals surface area contributed by atoms with Gasteiger partial charge in [-0.3, -0.25) is 4.79 Å². The van der Waals surface area contributed by atoms with Gasteiger partial charge in [-0.25, -0.2) is 33.5 Å². The predicted molar refractivity (Wildman–Crippen MR) is 300 cm³/mol. The molecule has 5 fully saturated rings. The number of morpholine rings is 4. The first kappa shape index (κ1) is 64.8. The first-order valence-electron chi connectivity index (χ1n) is 26.2. The number of aldehydes is 1. The average molecular weight is 1210 g/mol. The molecule has 0 saturated carbocycles. The first-order valence-corrected chi connectivity index (χ1v) is 27.4. The molecule has 0 aliphatic carbocycles. The van der Waals surface area contributed by atoms with Crippen LogP contribution in [0.15, 0.2) is 66.7 Å². The zero-order valence-corrected chi connectivity index (χ0v) is 47.5. The van der Waals surface area contributed by atoms with Crippen molar-refractivity contribution in [3.05, 3.63) is 110 Å². The van der Waals surface area contributed by atoms with Gasteiger partial charge in [-0.05, 0) is 104 Å². The summed E-state index contributed by atoms with van der Waals surface area (Å²) in [6.07, 6.45) is -6.67. The van der Waals surface area contributed by atoms with E-state index in [2.05, 4.69) is 40.0 Å². The number of pyridine rings is 4. The summed E-state index contributed by atoms with van der Waals surface area (Å²) in [4.78, 5) is 66.3. The van der Waals surface area contributed by atoms with Crippen LogP contribution in [0.5, 0.6) is 0 Å². The van der Waals surface area contributed by atoms with Crippen LogP contribution in [0.2, 0.25) is 15.1 Å². The van der Waals surface area contributed by atoms with Gasteiger partial charge in [0.05, 0.1) is 65.2 Å². The number of aliphatic hydroxyl groups is 1. The van der Waals surface area contributed by atoms with E-state index in [-0.39, 0.29) is 31.5 Å². The molecule has 5 aliphatic heterocycles. The van der Waals surface area contributed by atoms with Crippen LogP contribution in [-0.2, 0) is 35.1 Å². The van der Waals surface area contributed by atoms with Crippen molar-refractivity contribution in [1.82, 2.24) is 24.8 Å². The third-order valence-corrected chi connectivity index (χ3v) is 13.8. The molecule has 10 rings (SSSR count). The Labute approximate surface area is 486 Å². The van der Waals surface area contributed by atoms with Crippen LogP contribution >= 0.6 is 34.8 Å². The highest BCUT2D eigenvalue weighted by Gasteiger charge is 2.36. The summed E-state index contributed by atoms with van der Waals surface area (Å²) < 4.78 is 86.4. The number of hydrogen-bond acceptors (Lipinski definition) is 17. The number of rotatable bonds is 10. The number of urea groups is 1. The Hall–Kier alpha value is -6.34. The van der Waals surface area contributed by atoms with Crippen molar-refractivity contribution in [3.63, 3.8) is 0 Å². The Bertz CT molecular complexity index is 2870. The van der Waals surface area contributed by atoms with Gasteiger partial charge in [0, 0.05) is 98.3 Å². The molecule has 2 amide bonds. The van der Waals surface area contributed by atoms with E-state index in [4.69, 9.17) is 68.4 Å². The molecule has 9 heterocycles. The maximum Gasteiger partial charge on any atom is 0.389 e. The number of aryl methyl sites for hydroxylation is 2. The van der Waals surface area contributed by atoms with Crippen LogP contribution in [0.4, 0.5) is 55.7 Å². The van der Waals surface area contributed by atoms with E-state index in [0.29, 0.717) is 110 Å². The topological polar surface area (TPSA) is 205 Å². The van der Waals surface area contributed by atoms with Gasteiger partial charge in [0.15, 0.2) is 6.29 Å². The van der Waals surface area contributed by atoms with Crippen molar-refractivity contribution in [1.29, 1.82) is 0 Å². The van der Waals surface area contributed by atoms with E-state index in [0.717, 1.165) is 86.2 Å². The molecule has 0 bridgehead atoms. The van der Waals surface area contributed by atoms with E-state index in [1.807, 2.05) is 36.9 Å². The number of nitrogens with zero attached hydrogens (tertiary/aromatic N) is 9. The highest BCUT2D eigenvalue weighted by molar-refractivity contribution is 6.31. The van der Waals surface area contributed by atoms with E-state index >= 15 is 0 Å². The largest absolute Gasteiger partial charge is 0.390 e. The normalized spacial score (nSPS) is 17.2. The second-order valence-corrected chi connectivity index (χ2v) is 20.4. The maximum atomic E-state index is 13.6. The molecule has 19 nitrogen and oxygen atoms in total. The number of aromatic nitrogens is 4. The summed E-state index contributed by atoms with van der Waals surface area (Å²) in [5.74, 6) is 2.33. The Balaban J connectivity index is 0.000000190. The van der Waals surface area contributed by atoms with Gasteiger partial charge >= 0.3 is 18.4 Å². The minimum atomic E-state index is -4.26. The number of anilines is 5. The third-order valence-electron chi connectivity index (χ3n) is 13.1. The number of nitrogens with one attached hydrogen (secondary N) is 1. The van der Waals surface area contributed by atoms with Crippen molar-refractivity contribution in [2.75, 3.05) is 143 Å². The number of carbonyl (C=O) groups excluding carboxylic acids is 4. The number of hydrogen-bond donors (Lipinski definition) is 2. The minimum absolute atomic E-state index is 0.0368. The molecule has 0 unspecified atom stereocenters. The second kappa shape index (κ2) is 32.5. The van der Waals surface area contributed by atoms with Gasteiger partial charge in [0.25, 0.3) is 6.43 Å². The lowest BCUT2D eigenvalue weighted by Crippen LogP contribution is -2.36. The summed E-state index contributed by atoms with van der Waals surface area (Å²) >= 11 is 17.8. The quantitative estimate of drug-likeness (QED) is 0.0987. The standard InChI is InChI=1S/C24H27F5N4O2.C10H13ClN2O2.C10H11ClN2O2.C10H13ClN2O.CO2/c1-15-2-3-18(30-23(34)33-5-4-16(14-33)13-24(27,28)29)12-19(15)17-10-20(22(25)26)31-21(11-17)32-6-8-35-9-7-32;2*11-8-5-9(7-14)12-10(6-8)13-1-3-15-4-2-13;1-8-6-9(11)7-10(12-8)13-2-4-14-5-3-13;2-1-3/h2-3,10-12,16,22H,4-9,13-14H2,1H3,(H,30,34);5-6,14H,1-4,7H2;5-7H,1-4H2;6-7H,2-5H2,1H3;/t16-;;;;/m0..../s1. The zero-order valence-electron chi connectivity index (χ0n) is 45.2. The van der Waals surface area contributed by atoms with Gasteiger partial charge in [-0.2, -0.15) is 22.8 Å². The van der Waals surface area contributed by atoms with Gasteiger partial charge < -0.3 is 53.9 Å². The first-order chi connectivity index (χ1) is 39.3. The van der Waals surface area contributed by atoms with Crippen LogP contribution in [0.1, 0.15) is 52.4 Å². The van der Waals surface area contributed by atoms with Crippen molar-refractivity contribution in [3.8, 4) is 11.1 Å². The molecule has 4 aromatic heterocycles. The lowest BCUT2D eigenvalue weighted by molar-refractivity contribution is -0.191. The van der Waals surface area contributed by atoms with E-state index < -0.39 is 31.0 Å². The number of ether oxygens (including phenoxy) is 4. The fraction of sp³-hybridized carbons (Fsp3) is 0.473. The monoisotopic (exact) mass is 1210 g/mol. The number of aliphatic hydroxyl groups excluding tert-OH is 1. The summed E-state index contributed by atoms with van der Waals surface area (Å²) in [6.45, 7) is 15.4. The minimum Gasteiger partial charge on any atom is -0.390 e. The van der Waals surface area contributed by atoms with Crippen molar-refractivity contribution in [2.45, 2.75) is 45.9 Å². The SMILES string of the molecule is Cc1cc(Cl)cc(N2CCOCC2)n1.Cc1ccc(NC(=O)N2CC[C@@H](CC(F)(F)F)C2)cc1-c1cc(C(F)F)nc(N2CCOCC2)c1.O=C=O.O=Cc1cc(Cl)cc(N2CCOCC2)n1.OCc1cc(Cl)cc(N2CCOCC2)n1. The fourth-order valence-corrected chi connectivity index (χ4v) is 9.82. The summed E-state index contributed by atoms with van der Waals surface area (Å²) in [7, 11) is 0. The molecule has 1 aromatic carbocycles. The molecule has 5 aliphatic rings. The Morgan fingerprint density at radius 2 is 1.16 bits per heavy atom. The van der Waals surface area contributed by atoms with Gasteiger partial charge in [0.2, 0.25) is 0 Å². The molecule has 0 radical (unpaired) electrons. The number of amides is 2. The van der Waals surface area contributed by atoms with Crippen LogP contribution in [0.25, 0.3) is 11.1 Å². The maximum absolute atomic E-state index is 13.6. The van der Waals surface area contributed by atoms with Gasteiger partial charge in [-0.1, -0.05) is 40.9 Å². The van der Waals surface area contributed by atoms with Crippen molar-refractivity contribution < 1.29 is 65.2 Å². The van der Waals surface area contributed by atoms with Crippen LogP contribution in [0.3, 0.4) is 0 Å². The van der Waals surface area contributed by atoms with E-state index in [9.17, 15) is 31.5 Å². The second-order valence-electron chi connectivity index (χ2n) is 19.1. The number of carbonyl (C=O) groups is 2. The number of likely N-dealkylation sites (tertiary alicyclic amines) is 1. The molecule has 1 atom stereocenters.